The fourth-order valence-electron chi connectivity index (χ4n) is 3.12. The number of urea groups is 1. The monoisotopic (exact) mass is 344 g/mol. The number of alkyl halides is 3. The number of halogens is 3. The molecule has 1 N–H and O–H groups in total. The van der Waals surface area contributed by atoms with Gasteiger partial charge in [-0.05, 0) is 24.6 Å². The van der Waals surface area contributed by atoms with Crippen LogP contribution in [0.15, 0.2) is 18.2 Å². The van der Waals surface area contributed by atoms with Gasteiger partial charge in [-0.15, -0.1) is 0 Å². The van der Waals surface area contributed by atoms with Crippen LogP contribution in [-0.4, -0.2) is 49.4 Å². The lowest BCUT2D eigenvalue weighted by atomic mass is 10.0. The Kier molecular flexibility index (Phi) is 4.44. The van der Waals surface area contributed by atoms with Crippen LogP contribution in [0.4, 0.5) is 23.7 Å². The van der Waals surface area contributed by atoms with Crippen LogP contribution in [0.1, 0.15) is 17.5 Å². The van der Waals surface area contributed by atoms with Crippen LogP contribution in [-0.2, 0) is 15.7 Å². The molecule has 0 aromatic heterocycles. The molecule has 2 aliphatic rings. The Bertz CT molecular complexity index is 627. The Labute approximate surface area is 137 Å². The number of hydrogen-bond donors (Lipinski definition) is 1. The first kappa shape index (κ1) is 17.0. The van der Waals surface area contributed by atoms with Gasteiger partial charge in [0.05, 0.1) is 25.3 Å². The predicted octanol–water partition coefficient (Wildman–Crippen LogP) is 3.04. The van der Waals surface area contributed by atoms with Gasteiger partial charge >= 0.3 is 12.2 Å². The number of nitrogens with zero attached hydrogens (tertiary/aromatic N) is 1. The van der Waals surface area contributed by atoms with E-state index in [1.807, 2.05) is 0 Å². The minimum atomic E-state index is -4.45. The van der Waals surface area contributed by atoms with Crippen molar-refractivity contribution in [1.82, 2.24) is 4.90 Å². The second-order valence-corrected chi connectivity index (χ2v) is 6.16. The Morgan fingerprint density at radius 2 is 2.12 bits per heavy atom. The fraction of sp³-hybridized carbons (Fsp3) is 0.562. The van der Waals surface area contributed by atoms with Gasteiger partial charge in [-0.2, -0.15) is 13.2 Å². The number of hydrogen-bond acceptors (Lipinski definition) is 3. The molecular formula is C16H19F3N2O3. The van der Waals surface area contributed by atoms with E-state index in [2.05, 4.69) is 5.32 Å². The Hall–Kier alpha value is -1.80. The van der Waals surface area contributed by atoms with E-state index in [9.17, 15) is 18.0 Å². The van der Waals surface area contributed by atoms with E-state index in [4.69, 9.17) is 9.47 Å². The maximum atomic E-state index is 13.0. The van der Waals surface area contributed by atoms with Crippen LogP contribution >= 0.6 is 0 Å². The van der Waals surface area contributed by atoms with Gasteiger partial charge in [0.25, 0.3) is 0 Å². The van der Waals surface area contributed by atoms with Gasteiger partial charge in [0, 0.05) is 25.3 Å². The van der Waals surface area contributed by atoms with E-state index in [1.54, 1.807) is 4.90 Å². The third-order valence-electron chi connectivity index (χ3n) is 4.48. The van der Waals surface area contributed by atoms with Crippen molar-refractivity contribution >= 4 is 11.7 Å². The lowest BCUT2D eigenvalue weighted by molar-refractivity contribution is -0.138. The quantitative estimate of drug-likeness (QED) is 0.852. The van der Waals surface area contributed by atoms with Gasteiger partial charge in [0.15, 0.2) is 0 Å². The van der Waals surface area contributed by atoms with Crippen LogP contribution < -0.4 is 5.32 Å². The summed E-state index contributed by atoms with van der Waals surface area (Å²) >= 11 is 0. The Morgan fingerprint density at radius 1 is 1.33 bits per heavy atom. The van der Waals surface area contributed by atoms with Crippen LogP contribution in [0.5, 0.6) is 0 Å². The summed E-state index contributed by atoms with van der Waals surface area (Å²) in [6.07, 6.45) is -3.74. The van der Waals surface area contributed by atoms with Crippen molar-refractivity contribution in [2.75, 3.05) is 38.2 Å². The first-order chi connectivity index (χ1) is 11.3. The first-order valence-corrected chi connectivity index (χ1v) is 7.75. The normalized spacial score (nSPS) is 24.4. The highest BCUT2D eigenvalue weighted by molar-refractivity contribution is 5.90. The molecule has 2 saturated heterocycles. The number of morpholine rings is 1. The second kappa shape index (κ2) is 6.25. The molecule has 1 spiro atoms. The van der Waals surface area contributed by atoms with Crippen molar-refractivity contribution in [2.24, 2.45) is 0 Å². The molecule has 1 atom stereocenters. The van der Waals surface area contributed by atoms with Gasteiger partial charge in [-0.3, -0.25) is 0 Å². The number of benzene rings is 1. The molecule has 0 aliphatic carbocycles. The summed E-state index contributed by atoms with van der Waals surface area (Å²) in [6, 6.07) is 3.34. The molecule has 132 valence electrons. The Balaban J connectivity index is 1.73. The molecule has 1 unspecified atom stereocenters. The first-order valence-electron chi connectivity index (χ1n) is 7.75. The number of carbonyl (C=O) groups excluding carboxylic acids is 1. The average Bonchev–Trinajstić information content (AvgIpc) is 2.96. The standard InChI is InChI=1S/C16H19F3N2O3/c1-11-12(16(17,18)19)3-2-4-13(11)20-14(22)21-6-8-24-15(9-21)5-7-23-10-15/h2-4H,5-10H2,1H3,(H,20,22). The van der Waals surface area contributed by atoms with Crippen molar-refractivity contribution < 1.29 is 27.4 Å². The number of nitrogens with one attached hydrogen (secondary N) is 1. The van der Waals surface area contributed by atoms with Crippen molar-refractivity contribution in [3.8, 4) is 0 Å². The summed E-state index contributed by atoms with van der Waals surface area (Å²) in [6.45, 7) is 3.52. The molecule has 2 heterocycles. The molecule has 0 saturated carbocycles. The summed E-state index contributed by atoms with van der Waals surface area (Å²) in [5.74, 6) is 0. The van der Waals surface area contributed by atoms with E-state index >= 15 is 0 Å². The van der Waals surface area contributed by atoms with Crippen LogP contribution in [0, 0.1) is 6.92 Å². The van der Waals surface area contributed by atoms with E-state index in [-0.39, 0.29) is 11.3 Å². The van der Waals surface area contributed by atoms with E-state index in [1.165, 1.54) is 19.1 Å². The van der Waals surface area contributed by atoms with Gasteiger partial charge in [0.1, 0.15) is 5.60 Å². The summed E-state index contributed by atoms with van der Waals surface area (Å²) < 4.78 is 50.0. The molecule has 2 fully saturated rings. The number of rotatable bonds is 1. The SMILES string of the molecule is Cc1c(NC(=O)N2CCOC3(CCOC3)C2)cccc1C(F)(F)F. The van der Waals surface area contributed by atoms with Gasteiger partial charge < -0.3 is 19.7 Å². The van der Waals surface area contributed by atoms with Gasteiger partial charge in [-0.1, -0.05) is 6.07 Å². The summed E-state index contributed by atoms with van der Waals surface area (Å²) in [4.78, 5) is 14.0. The molecule has 5 nitrogen and oxygen atoms in total. The smallest absolute Gasteiger partial charge is 0.378 e. The molecule has 8 heteroatoms. The van der Waals surface area contributed by atoms with Crippen molar-refractivity contribution in [3.05, 3.63) is 29.3 Å². The number of anilines is 1. The lowest BCUT2D eigenvalue weighted by Gasteiger charge is -2.39. The summed E-state index contributed by atoms with van der Waals surface area (Å²) in [5.41, 5.74) is -1.06. The molecule has 24 heavy (non-hydrogen) atoms. The molecule has 1 aromatic rings. The van der Waals surface area contributed by atoms with Crippen LogP contribution in [0.25, 0.3) is 0 Å². The predicted molar refractivity (Wildman–Crippen MR) is 80.9 cm³/mol. The van der Waals surface area contributed by atoms with E-state index < -0.39 is 23.4 Å². The molecule has 0 radical (unpaired) electrons. The molecule has 3 rings (SSSR count). The largest absolute Gasteiger partial charge is 0.416 e. The molecule has 2 amide bonds. The Morgan fingerprint density at radius 3 is 2.79 bits per heavy atom. The third kappa shape index (κ3) is 3.34. The van der Waals surface area contributed by atoms with Crippen molar-refractivity contribution in [2.45, 2.75) is 25.1 Å². The minimum Gasteiger partial charge on any atom is -0.378 e. The fourth-order valence-corrected chi connectivity index (χ4v) is 3.12. The summed E-state index contributed by atoms with van der Waals surface area (Å²) in [7, 11) is 0. The van der Waals surface area contributed by atoms with Crippen LogP contribution in [0.2, 0.25) is 0 Å². The van der Waals surface area contributed by atoms with E-state index in [0.29, 0.717) is 39.3 Å². The number of amides is 2. The second-order valence-electron chi connectivity index (χ2n) is 6.16. The van der Waals surface area contributed by atoms with Crippen molar-refractivity contribution in [1.29, 1.82) is 0 Å². The molecule has 1 aromatic carbocycles. The van der Waals surface area contributed by atoms with Crippen LogP contribution in [0.3, 0.4) is 0 Å². The highest BCUT2D eigenvalue weighted by atomic mass is 19.4. The zero-order valence-corrected chi connectivity index (χ0v) is 13.3. The van der Waals surface area contributed by atoms with Gasteiger partial charge in [0.2, 0.25) is 0 Å². The highest BCUT2D eigenvalue weighted by Gasteiger charge is 2.42. The lowest BCUT2D eigenvalue weighted by Crippen LogP contribution is -2.55. The average molecular weight is 344 g/mol. The topological polar surface area (TPSA) is 50.8 Å². The summed E-state index contributed by atoms with van der Waals surface area (Å²) in [5, 5.41) is 2.59. The zero-order valence-electron chi connectivity index (χ0n) is 13.3. The highest BCUT2D eigenvalue weighted by Crippen LogP contribution is 2.35. The maximum absolute atomic E-state index is 13.0. The molecule has 0 bridgehead atoms. The van der Waals surface area contributed by atoms with Crippen molar-refractivity contribution in [3.63, 3.8) is 0 Å². The zero-order chi connectivity index (χ0) is 17.4. The van der Waals surface area contributed by atoms with E-state index in [0.717, 1.165) is 6.07 Å². The minimum absolute atomic E-state index is 0.00511. The number of ether oxygens (including phenoxy) is 2. The molecule has 2 aliphatic heterocycles. The maximum Gasteiger partial charge on any atom is 0.416 e. The third-order valence-corrected chi connectivity index (χ3v) is 4.48. The molecular weight excluding hydrogens is 325 g/mol. The van der Waals surface area contributed by atoms with Gasteiger partial charge in [-0.25, -0.2) is 4.79 Å². The number of carbonyl (C=O) groups is 1.